The van der Waals surface area contributed by atoms with Crippen LogP contribution in [0.2, 0.25) is 5.02 Å². The fourth-order valence-electron chi connectivity index (χ4n) is 2.33. The summed E-state index contributed by atoms with van der Waals surface area (Å²) in [6.45, 7) is 4.35. The lowest BCUT2D eigenvalue weighted by atomic mass is 9.84. The van der Waals surface area contributed by atoms with Gasteiger partial charge in [-0.05, 0) is 29.8 Å². The summed E-state index contributed by atoms with van der Waals surface area (Å²) in [6.07, 6.45) is 0. The maximum absolute atomic E-state index is 13.2. The number of nitrogens with two attached hydrogens (primary N) is 1. The number of hydrogen-bond donors (Lipinski definition) is 2. The van der Waals surface area contributed by atoms with E-state index in [0.29, 0.717) is 17.3 Å². The normalized spacial score (nSPS) is 12.1. The van der Waals surface area contributed by atoms with Crippen LogP contribution in [0.3, 0.4) is 0 Å². The highest BCUT2D eigenvalue weighted by molar-refractivity contribution is 6.31. The Morgan fingerprint density at radius 3 is 2.67 bits per heavy atom. The van der Waals surface area contributed by atoms with Gasteiger partial charge in [0.1, 0.15) is 11.6 Å². The van der Waals surface area contributed by atoms with Gasteiger partial charge in [-0.2, -0.15) is 0 Å². The largest absolute Gasteiger partial charge is 0.495 e. The lowest BCUT2D eigenvalue weighted by Crippen LogP contribution is -2.28. The van der Waals surface area contributed by atoms with Crippen LogP contribution in [-0.2, 0) is 5.41 Å². The van der Waals surface area contributed by atoms with Gasteiger partial charge >= 0.3 is 0 Å². The molecule has 0 unspecified atom stereocenters. The summed E-state index contributed by atoms with van der Waals surface area (Å²) in [5, 5.41) is 3.40. The predicted molar refractivity (Wildman–Crippen MR) is 97.5 cm³/mol. The molecule has 128 valence electrons. The van der Waals surface area contributed by atoms with Crippen LogP contribution in [0.4, 0.5) is 10.1 Å². The number of nitrogens with zero attached hydrogens (tertiary/aromatic N) is 1. The Labute approximate surface area is 146 Å². The number of aliphatic imine (C=N–C) groups is 1. The Kier molecular flexibility index (Phi) is 5.67. The molecule has 0 atom stereocenters. The second kappa shape index (κ2) is 7.53. The quantitative estimate of drug-likeness (QED) is 0.628. The SMILES string of the molecule is COc1ccccc1NC(N)=NCC(C)(C)c1ccc(F)cc1Cl. The Morgan fingerprint density at radius 2 is 2.00 bits per heavy atom. The van der Waals surface area contributed by atoms with Gasteiger partial charge in [-0.3, -0.25) is 4.99 Å². The van der Waals surface area contributed by atoms with Crippen molar-refractivity contribution >= 4 is 23.2 Å². The van der Waals surface area contributed by atoms with E-state index in [1.165, 1.54) is 12.1 Å². The van der Waals surface area contributed by atoms with Crippen molar-refractivity contribution in [1.82, 2.24) is 0 Å². The summed E-state index contributed by atoms with van der Waals surface area (Å²) in [6, 6.07) is 11.8. The fraction of sp³-hybridized carbons (Fsp3) is 0.278. The molecule has 24 heavy (non-hydrogen) atoms. The van der Waals surface area contributed by atoms with Gasteiger partial charge in [0.25, 0.3) is 0 Å². The Hall–Kier alpha value is -2.27. The van der Waals surface area contributed by atoms with E-state index in [1.54, 1.807) is 13.2 Å². The zero-order valence-electron chi connectivity index (χ0n) is 13.9. The van der Waals surface area contributed by atoms with Crippen LogP contribution < -0.4 is 15.8 Å². The molecule has 0 aliphatic heterocycles. The Bertz CT molecular complexity index is 747. The zero-order chi connectivity index (χ0) is 17.7. The van der Waals surface area contributed by atoms with Crippen LogP contribution in [0, 0.1) is 5.82 Å². The molecule has 2 aromatic carbocycles. The number of guanidine groups is 1. The molecule has 3 N–H and O–H groups in total. The van der Waals surface area contributed by atoms with Crippen molar-refractivity contribution in [2.24, 2.45) is 10.7 Å². The van der Waals surface area contributed by atoms with Crippen LogP contribution in [0.1, 0.15) is 19.4 Å². The number of para-hydroxylation sites is 2. The maximum atomic E-state index is 13.2. The van der Waals surface area contributed by atoms with Gasteiger partial charge in [0.2, 0.25) is 0 Å². The number of anilines is 1. The van der Waals surface area contributed by atoms with E-state index in [1.807, 2.05) is 38.1 Å². The summed E-state index contributed by atoms with van der Waals surface area (Å²) < 4.78 is 18.5. The number of benzene rings is 2. The average Bonchev–Trinajstić information content (AvgIpc) is 2.53. The minimum absolute atomic E-state index is 0.269. The van der Waals surface area contributed by atoms with Crippen molar-refractivity contribution in [1.29, 1.82) is 0 Å². The first-order valence-electron chi connectivity index (χ1n) is 7.49. The third-order valence-electron chi connectivity index (χ3n) is 3.67. The molecule has 0 saturated carbocycles. The molecule has 6 heteroatoms. The van der Waals surface area contributed by atoms with Crippen molar-refractivity contribution < 1.29 is 9.13 Å². The molecular formula is C18H21ClFN3O. The topological polar surface area (TPSA) is 59.6 Å². The van der Waals surface area contributed by atoms with Gasteiger partial charge in [0.05, 0.1) is 19.3 Å². The standard InChI is InChI=1S/C18H21ClFN3O/c1-18(2,13-9-8-12(20)10-14(13)19)11-22-17(21)23-15-6-4-5-7-16(15)24-3/h4-10H,11H2,1-3H3,(H3,21,22,23). The first-order chi connectivity index (χ1) is 11.3. The summed E-state index contributed by atoms with van der Waals surface area (Å²) in [4.78, 5) is 4.38. The number of hydrogen-bond acceptors (Lipinski definition) is 2. The van der Waals surface area contributed by atoms with Gasteiger partial charge in [-0.15, -0.1) is 0 Å². The minimum atomic E-state index is -0.391. The van der Waals surface area contributed by atoms with E-state index in [9.17, 15) is 4.39 Å². The van der Waals surface area contributed by atoms with Crippen LogP contribution >= 0.6 is 11.6 Å². The number of methoxy groups -OCH3 is 1. The molecule has 0 spiro atoms. The van der Waals surface area contributed by atoms with E-state index in [4.69, 9.17) is 22.1 Å². The molecule has 0 bridgehead atoms. The number of halogens is 2. The highest BCUT2D eigenvalue weighted by atomic mass is 35.5. The highest BCUT2D eigenvalue weighted by Crippen LogP contribution is 2.31. The molecule has 0 aliphatic carbocycles. The first-order valence-corrected chi connectivity index (χ1v) is 7.87. The number of nitrogens with one attached hydrogen (secondary N) is 1. The molecule has 0 saturated heterocycles. The molecule has 0 radical (unpaired) electrons. The molecular weight excluding hydrogens is 329 g/mol. The second-order valence-electron chi connectivity index (χ2n) is 6.03. The monoisotopic (exact) mass is 349 g/mol. The van der Waals surface area contributed by atoms with E-state index in [0.717, 1.165) is 11.3 Å². The lowest BCUT2D eigenvalue weighted by molar-refractivity contribution is 0.417. The summed E-state index contributed by atoms with van der Waals surface area (Å²) in [5.74, 6) is 0.586. The predicted octanol–water partition coefficient (Wildman–Crippen LogP) is 4.19. The maximum Gasteiger partial charge on any atom is 0.193 e. The molecule has 0 aromatic heterocycles. The van der Waals surface area contributed by atoms with Crippen molar-refractivity contribution in [2.45, 2.75) is 19.3 Å². The van der Waals surface area contributed by atoms with E-state index in [2.05, 4.69) is 10.3 Å². The van der Waals surface area contributed by atoms with Gasteiger partial charge < -0.3 is 15.8 Å². The highest BCUT2D eigenvalue weighted by Gasteiger charge is 2.23. The summed E-state index contributed by atoms with van der Waals surface area (Å²) >= 11 is 6.15. The molecule has 0 aliphatic rings. The van der Waals surface area contributed by atoms with Crippen LogP contribution in [-0.4, -0.2) is 19.6 Å². The van der Waals surface area contributed by atoms with E-state index < -0.39 is 5.41 Å². The molecule has 4 nitrogen and oxygen atoms in total. The molecule has 2 aromatic rings. The minimum Gasteiger partial charge on any atom is -0.495 e. The lowest BCUT2D eigenvalue weighted by Gasteiger charge is -2.24. The van der Waals surface area contributed by atoms with Gasteiger partial charge in [0.15, 0.2) is 5.96 Å². The first kappa shape index (κ1) is 18.1. The van der Waals surface area contributed by atoms with Crippen molar-refractivity contribution in [3.8, 4) is 5.75 Å². The second-order valence-corrected chi connectivity index (χ2v) is 6.44. The van der Waals surface area contributed by atoms with Crippen LogP contribution in [0.25, 0.3) is 0 Å². The zero-order valence-corrected chi connectivity index (χ0v) is 14.7. The third kappa shape index (κ3) is 4.38. The van der Waals surface area contributed by atoms with E-state index in [-0.39, 0.29) is 11.8 Å². The van der Waals surface area contributed by atoms with Gasteiger partial charge in [0, 0.05) is 10.4 Å². The third-order valence-corrected chi connectivity index (χ3v) is 3.99. The molecule has 0 fully saturated rings. The number of rotatable bonds is 5. The van der Waals surface area contributed by atoms with E-state index >= 15 is 0 Å². The Morgan fingerprint density at radius 1 is 1.29 bits per heavy atom. The van der Waals surface area contributed by atoms with Crippen molar-refractivity contribution in [3.05, 3.63) is 58.9 Å². The molecule has 0 heterocycles. The van der Waals surface area contributed by atoms with Crippen molar-refractivity contribution in [3.63, 3.8) is 0 Å². The summed E-state index contributed by atoms with van der Waals surface area (Å²) in [7, 11) is 1.59. The van der Waals surface area contributed by atoms with Gasteiger partial charge in [-0.1, -0.05) is 43.6 Å². The van der Waals surface area contributed by atoms with Crippen LogP contribution in [0.15, 0.2) is 47.5 Å². The van der Waals surface area contributed by atoms with Crippen LogP contribution in [0.5, 0.6) is 5.75 Å². The smallest absolute Gasteiger partial charge is 0.193 e. The Balaban J connectivity index is 2.13. The number of ether oxygens (including phenoxy) is 1. The molecule has 2 rings (SSSR count). The van der Waals surface area contributed by atoms with Crippen molar-refractivity contribution in [2.75, 3.05) is 19.0 Å². The average molecular weight is 350 g/mol. The molecule has 0 amide bonds. The van der Waals surface area contributed by atoms with Gasteiger partial charge in [-0.25, -0.2) is 4.39 Å². The summed E-state index contributed by atoms with van der Waals surface area (Å²) in [5.41, 5.74) is 7.13. The fourth-order valence-corrected chi connectivity index (χ4v) is 2.75.